The SMILES string of the molecule is COc1ccccc1OCC(=O)N1CC(Oc2ncccc2Cl)C1. The molecule has 0 spiro atoms. The molecule has 126 valence electrons. The second-order valence-electron chi connectivity index (χ2n) is 5.27. The van der Waals surface area contributed by atoms with Crippen molar-refractivity contribution < 1.29 is 19.0 Å². The molecule has 0 atom stereocenters. The van der Waals surface area contributed by atoms with E-state index < -0.39 is 0 Å². The number of carbonyl (C=O) groups is 1. The van der Waals surface area contributed by atoms with Crippen LogP contribution in [0.5, 0.6) is 17.4 Å². The van der Waals surface area contributed by atoms with Crippen molar-refractivity contribution in [3.8, 4) is 17.4 Å². The topological polar surface area (TPSA) is 60.9 Å². The fraction of sp³-hybridized carbons (Fsp3) is 0.294. The maximum Gasteiger partial charge on any atom is 0.260 e. The van der Waals surface area contributed by atoms with Gasteiger partial charge in [-0.2, -0.15) is 0 Å². The van der Waals surface area contributed by atoms with Crippen LogP contribution in [-0.2, 0) is 4.79 Å². The summed E-state index contributed by atoms with van der Waals surface area (Å²) in [7, 11) is 1.56. The number of hydrogen-bond acceptors (Lipinski definition) is 5. The van der Waals surface area contributed by atoms with Gasteiger partial charge in [-0.15, -0.1) is 0 Å². The van der Waals surface area contributed by atoms with E-state index in [1.54, 1.807) is 42.5 Å². The summed E-state index contributed by atoms with van der Waals surface area (Å²) in [6.07, 6.45) is 1.51. The van der Waals surface area contributed by atoms with E-state index in [0.29, 0.717) is 35.5 Å². The molecule has 0 N–H and O–H groups in total. The highest BCUT2D eigenvalue weighted by atomic mass is 35.5. The third-order valence-corrected chi connectivity index (χ3v) is 3.91. The number of nitrogens with zero attached hydrogens (tertiary/aromatic N) is 2. The van der Waals surface area contributed by atoms with E-state index in [-0.39, 0.29) is 18.6 Å². The number of ether oxygens (including phenoxy) is 3. The summed E-state index contributed by atoms with van der Waals surface area (Å²) in [5, 5.41) is 0.460. The summed E-state index contributed by atoms with van der Waals surface area (Å²) in [6.45, 7) is 0.930. The van der Waals surface area contributed by atoms with Gasteiger partial charge in [0.2, 0.25) is 5.88 Å². The van der Waals surface area contributed by atoms with Crippen LogP contribution in [0.4, 0.5) is 0 Å². The number of aromatic nitrogens is 1. The van der Waals surface area contributed by atoms with Crippen molar-refractivity contribution in [1.82, 2.24) is 9.88 Å². The lowest BCUT2D eigenvalue weighted by Crippen LogP contribution is -2.57. The van der Waals surface area contributed by atoms with Crippen LogP contribution in [0.2, 0.25) is 5.02 Å². The first-order chi connectivity index (χ1) is 11.7. The number of halogens is 1. The second kappa shape index (κ2) is 7.40. The molecule has 2 heterocycles. The summed E-state index contributed by atoms with van der Waals surface area (Å²) in [5.41, 5.74) is 0. The van der Waals surface area contributed by atoms with Gasteiger partial charge in [-0.1, -0.05) is 23.7 Å². The molecule has 1 fully saturated rings. The first kappa shape index (κ1) is 16.4. The zero-order valence-electron chi connectivity index (χ0n) is 13.1. The first-order valence-electron chi connectivity index (χ1n) is 7.48. The Morgan fingerprint density at radius 2 is 2.00 bits per heavy atom. The fourth-order valence-electron chi connectivity index (χ4n) is 2.30. The Labute approximate surface area is 144 Å². The van der Waals surface area contributed by atoms with Crippen molar-refractivity contribution in [3.05, 3.63) is 47.6 Å². The van der Waals surface area contributed by atoms with Crippen LogP contribution in [0.15, 0.2) is 42.6 Å². The van der Waals surface area contributed by atoms with Crippen LogP contribution >= 0.6 is 11.6 Å². The molecule has 1 aliphatic rings. The van der Waals surface area contributed by atoms with Crippen LogP contribution in [0.25, 0.3) is 0 Å². The van der Waals surface area contributed by atoms with E-state index in [2.05, 4.69) is 4.98 Å². The Morgan fingerprint density at radius 1 is 1.25 bits per heavy atom. The summed E-state index contributed by atoms with van der Waals surface area (Å²) < 4.78 is 16.4. The number of amides is 1. The number of hydrogen-bond donors (Lipinski definition) is 0. The van der Waals surface area contributed by atoms with Gasteiger partial charge in [-0.05, 0) is 24.3 Å². The Kier molecular flexibility index (Phi) is 5.05. The third-order valence-electron chi connectivity index (χ3n) is 3.62. The van der Waals surface area contributed by atoms with Crippen LogP contribution in [0.3, 0.4) is 0 Å². The lowest BCUT2D eigenvalue weighted by atomic mass is 10.1. The molecular weight excluding hydrogens is 332 g/mol. The second-order valence-corrected chi connectivity index (χ2v) is 5.68. The molecule has 2 aromatic rings. The monoisotopic (exact) mass is 348 g/mol. The molecule has 24 heavy (non-hydrogen) atoms. The normalized spacial score (nSPS) is 14.0. The van der Waals surface area contributed by atoms with Gasteiger partial charge >= 0.3 is 0 Å². The zero-order valence-corrected chi connectivity index (χ0v) is 13.9. The number of para-hydroxylation sites is 2. The number of benzene rings is 1. The average molecular weight is 349 g/mol. The number of methoxy groups -OCH3 is 1. The number of pyridine rings is 1. The van der Waals surface area contributed by atoms with Crippen LogP contribution in [0.1, 0.15) is 0 Å². The van der Waals surface area contributed by atoms with E-state index in [1.165, 1.54) is 0 Å². The molecule has 1 aromatic carbocycles. The van der Waals surface area contributed by atoms with Gasteiger partial charge in [-0.3, -0.25) is 4.79 Å². The molecule has 1 saturated heterocycles. The maximum absolute atomic E-state index is 12.1. The lowest BCUT2D eigenvalue weighted by molar-refractivity contribution is -0.142. The smallest absolute Gasteiger partial charge is 0.260 e. The molecule has 0 bridgehead atoms. The molecule has 0 saturated carbocycles. The third kappa shape index (κ3) is 3.71. The minimum absolute atomic E-state index is 0.0442. The molecule has 3 rings (SSSR count). The molecule has 1 aromatic heterocycles. The Bertz CT molecular complexity index is 719. The van der Waals surface area contributed by atoms with E-state index >= 15 is 0 Å². The molecule has 6 nitrogen and oxygen atoms in total. The fourth-order valence-corrected chi connectivity index (χ4v) is 2.47. The largest absolute Gasteiger partial charge is 0.493 e. The van der Waals surface area contributed by atoms with Crippen molar-refractivity contribution in [2.75, 3.05) is 26.8 Å². The molecule has 0 radical (unpaired) electrons. The lowest BCUT2D eigenvalue weighted by Gasteiger charge is -2.38. The van der Waals surface area contributed by atoms with Gasteiger partial charge < -0.3 is 19.1 Å². The average Bonchev–Trinajstić information content (AvgIpc) is 2.57. The van der Waals surface area contributed by atoms with Gasteiger partial charge in [0.1, 0.15) is 11.1 Å². The zero-order chi connectivity index (χ0) is 16.9. The maximum atomic E-state index is 12.1. The minimum Gasteiger partial charge on any atom is -0.493 e. The summed E-state index contributed by atoms with van der Waals surface area (Å²) in [4.78, 5) is 17.9. The predicted octanol–water partition coefficient (Wildman–Crippen LogP) is 2.41. The van der Waals surface area contributed by atoms with Crippen LogP contribution < -0.4 is 14.2 Å². The molecule has 0 aliphatic carbocycles. The van der Waals surface area contributed by atoms with E-state index in [1.807, 2.05) is 12.1 Å². The standard InChI is InChI=1S/C17H17ClN2O4/c1-22-14-6-2-3-7-15(14)23-11-16(21)20-9-12(10-20)24-17-13(18)5-4-8-19-17/h2-8,12H,9-11H2,1H3. The molecular formula is C17H17ClN2O4. The van der Waals surface area contributed by atoms with E-state index in [4.69, 9.17) is 25.8 Å². The Hall–Kier alpha value is -2.47. The van der Waals surface area contributed by atoms with Gasteiger partial charge in [0.25, 0.3) is 5.91 Å². The molecule has 1 amide bonds. The number of rotatable bonds is 6. The van der Waals surface area contributed by atoms with Gasteiger partial charge in [0.05, 0.1) is 20.2 Å². The van der Waals surface area contributed by atoms with Gasteiger partial charge in [-0.25, -0.2) is 4.98 Å². The summed E-state index contributed by atoms with van der Waals surface area (Å²) in [5.74, 6) is 1.43. The molecule has 7 heteroatoms. The van der Waals surface area contributed by atoms with Crippen molar-refractivity contribution >= 4 is 17.5 Å². The molecule has 0 unspecified atom stereocenters. The van der Waals surface area contributed by atoms with Gasteiger partial charge in [0, 0.05) is 6.20 Å². The van der Waals surface area contributed by atoms with Crippen molar-refractivity contribution in [2.24, 2.45) is 0 Å². The van der Waals surface area contributed by atoms with E-state index in [0.717, 1.165) is 0 Å². The first-order valence-corrected chi connectivity index (χ1v) is 7.86. The Balaban J connectivity index is 1.46. The summed E-state index contributed by atoms with van der Waals surface area (Å²) in [6, 6.07) is 10.7. The Morgan fingerprint density at radius 3 is 2.71 bits per heavy atom. The quantitative estimate of drug-likeness (QED) is 0.802. The number of carbonyl (C=O) groups excluding carboxylic acids is 1. The highest BCUT2D eigenvalue weighted by Crippen LogP contribution is 2.26. The van der Waals surface area contributed by atoms with Crippen molar-refractivity contribution in [2.45, 2.75) is 6.10 Å². The highest BCUT2D eigenvalue weighted by Gasteiger charge is 2.33. The summed E-state index contributed by atoms with van der Waals surface area (Å²) >= 11 is 5.99. The predicted molar refractivity (Wildman–Crippen MR) is 88.7 cm³/mol. The number of likely N-dealkylation sites (tertiary alicyclic amines) is 1. The van der Waals surface area contributed by atoms with Crippen LogP contribution in [0, 0.1) is 0 Å². The van der Waals surface area contributed by atoms with Gasteiger partial charge in [0.15, 0.2) is 18.1 Å². The highest BCUT2D eigenvalue weighted by molar-refractivity contribution is 6.31. The molecule has 1 aliphatic heterocycles. The van der Waals surface area contributed by atoms with Crippen LogP contribution in [-0.4, -0.2) is 48.7 Å². The van der Waals surface area contributed by atoms with Crippen molar-refractivity contribution in [1.29, 1.82) is 0 Å². The van der Waals surface area contributed by atoms with Crippen molar-refractivity contribution in [3.63, 3.8) is 0 Å². The van der Waals surface area contributed by atoms with E-state index in [9.17, 15) is 4.79 Å². The minimum atomic E-state index is -0.104.